The van der Waals surface area contributed by atoms with E-state index in [1.165, 1.54) is 205 Å². The number of aliphatic hydroxyl groups excluding tert-OH is 3. The first-order chi connectivity index (χ1) is 62.9. The van der Waals surface area contributed by atoms with Crippen molar-refractivity contribution < 1.29 is 67.5 Å². The molecule has 131 heavy (non-hydrogen) atoms. The number of nitrogens with one attached hydrogen (secondary N) is 1. The number of aliphatic hydroxyl groups is 3. The Hall–Kier alpha value is 1.11. The van der Waals surface area contributed by atoms with E-state index in [2.05, 4.69) is 164 Å². The normalized spacial score (nSPS) is 39.9. The maximum Gasteiger partial charge on any atom is 0.148 e. The molecule has 6 N–H and O–H groups in total. The molecule has 8 saturated carbocycles. The predicted molar refractivity (Wildman–Crippen MR) is 555 cm³/mol. The van der Waals surface area contributed by atoms with Crippen molar-refractivity contribution in [1.29, 1.82) is 0 Å². The number of azide groups is 1. The zero-order chi connectivity index (χ0) is 94.3. The van der Waals surface area contributed by atoms with Crippen LogP contribution in [0.3, 0.4) is 0 Å². The standard InChI is InChI=1S/2C13H26NO2P.C12H23N4OP.C12H25N2OP.2C12H24NO2P.C12H22NO2P.C12H23NO2/c2*1-10-3-5-12(6-4-10)16-9-11-7-13(15-2)8-14(11)17;1-9-2-4-12(5-3-9)17-8-11-6-10(14-15-13)7-16(11)18;1-9-2-4-12(5-3-9)15-8-11-6-10(13)7-14(11)16;3*1-9-2-4-12(5-3-9)15-8-10-6-11(14)7-13(10)16;1-9-2-4-12(5-3-9)15-8-10-6-11(14)7-13-10/h2*10-13H,3-9,17H2,1-2H3;9-12H,2-8,18H2,1H3;9-12H,2-8,13,16H2,1H3;2*9-12,14H,2-8,16H2,1H3;9-10,12H,2-8,16H2,1H3;9-14H,2-8H2,1H3/t2*10?,11-,12?,13+;2*9?,10-,11-,12?;9?,10-,11+,12?;9?,10-,11-,12?;9?,10-,12?;9?,10-,11-,12?/m00000000/s1. The molecule has 8 heterocycles. The van der Waals surface area contributed by atoms with Gasteiger partial charge in [0.2, 0.25) is 0 Å². The highest BCUT2D eigenvalue weighted by Gasteiger charge is 2.39. The molecule has 0 aromatic rings. The Morgan fingerprint density at radius 1 is 0.328 bits per heavy atom. The highest BCUT2D eigenvalue weighted by molar-refractivity contribution is 7.14. The molecule has 8 aliphatic heterocycles. The molecule has 22 atom stereocenters. The van der Waals surface area contributed by atoms with Crippen LogP contribution in [-0.4, -0.2) is 313 Å². The largest absolute Gasteiger partial charge is 0.392 e. The summed E-state index contributed by atoms with van der Waals surface area (Å²) in [6, 6.07) is 3.80. The lowest BCUT2D eigenvalue weighted by molar-refractivity contribution is -0.116. The van der Waals surface area contributed by atoms with Gasteiger partial charge in [-0.25, -0.2) is 0 Å². The molecule has 16 aliphatic rings. The second-order valence-electron chi connectivity index (χ2n) is 43.9. The average molecular weight is 1980 g/mol. The number of methoxy groups -OCH3 is 2. The molecular weight excluding hydrogens is 1790 g/mol. The van der Waals surface area contributed by atoms with Crippen LogP contribution >= 0.6 is 65.7 Å². The smallest absolute Gasteiger partial charge is 0.148 e. The number of nitrogens with two attached hydrogens (primary N) is 1. The van der Waals surface area contributed by atoms with Crippen LogP contribution in [-0.2, 0) is 52.2 Å². The lowest BCUT2D eigenvalue weighted by Gasteiger charge is -2.28. The first kappa shape index (κ1) is 116. The van der Waals surface area contributed by atoms with E-state index < -0.39 is 0 Å². The zero-order valence-electron chi connectivity index (χ0n) is 83.4. The fourth-order valence-electron chi connectivity index (χ4n) is 22.0. The van der Waals surface area contributed by atoms with Crippen LogP contribution in [0.25, 0.3) is 10.4 Å². The number of Topliss-reactive ketones (excluding diaryl/α,β-unsaturated/α-hetero) is 1. The van der Waals surface area contributed by atoms with Crippen molar-refractivity contribution in [1.82, 2.24) is 38.0 Å². The number of hydrogen-bond acceptors (Lipinski definition) is 24. The Labute approximate surface area is 812 Å². The number of nitrogens with zero attached hydrogens (tertiary/aromatic N) is 10. The minimum absolute atomic E-state index is 0.104. The molecule has 764 valence electrons. The average Bonchev–Trinajstić information content (AvgIpc) is 1.73. The van der Waals surface area contributed by atoms with Crippen molar-refractivity contribution in [2.24, 2.45) is 58.2 Å². The minimum Gasteiger partial charge on any atom is -0.392 e. The van der Waals surface area contributed by atoms with Crippen molar-refractivity contribution in [2.75, 3.05) is 119 Å². The van der Waals surface area contributed by atoms with Crippen LogP contribution in [0.15, 0.2) is 5.11 Å². The number of β-amino-alcohol motifs (C(OH)–C–C–N with tert-alkyl or cyclic N) is 3. The zero-order valence-corrected chi connectivity index (χ0v) is 91.5. The van der Waals surface area contributed by atoms with Crippen LogP contribution in [0.5, 0.6) is 0 Å². The van der Waals surface area contributed by atoms with E-state index in [-0.39, 0.29) is 30.4 Å². The molecule has 0 amide bonds. The van der Waals surface area contributed by atoms with Crippen molar-refractivity contribution in [3.8, 4) is 0 Å². The van der Waals surface area contributed by atoms with E-state index in [9.17, 15) is 20.1 Å². The van der Waals surface area contributed by atoms with Crippen LogP contribution in [0.4, 0.5) is 0 Å². The van der Waals surface area contributed by atoms with Gasteiger partial charge >= 0.3 is 0 Å². The van der Waals surface area contributed by atoms with Crippen molar-refractivity contribution >= 4 is 71.5 Å². The molecule has 0 aromatic carbocycles. The predicted octanol–water partition coefficient (Wildman–Crippen LogP) is 16.8. The van der Waals surface area contributed by atoms with Gasteiger partial charge in [-0.15, -0.1) is 0 Å². The number of ether oxygens (including phenoxy) is 10. The Bertz CT molecular complexity index is 2890. The summed E-state index contributed by atoms with van der Waals surface area (Å²) in [5.74, 6) is 7.41. The van der Waals surface area contributed by atoms with Crippen molar-refractivity contribution in [3.05, 3.63) is 10.4 Å². The van der Waals surface area contributed by atoms with E-state index in [1.54, 1.807) is 14.2 Å². The minimum atomic E-state index is -0.169. The molecule has 0 aromatic heterocycles. The van der Waals surface area contributed by atoms with E-state index in [0.717, 1.165) is 184 Å². The van der Waals surface area contributed by atoms with Gasteiger partial charge in [-0.1, -0.05) is 126 Å². The van der Waals surface area contributed by atoms with Gasteiger partial charge in [0.25, 0.3) is 0 Å². The summed E-state index contributed by atoms with van der Waals surface area (Å²) >= 11 is 0. The lowest BCUT2D eigenvalue weighted by Crippen LogP contribution is -2.30. The van der Waals surface area contributed by atoms with Gasteiger partial charge in [-0.2, -0.15) is 0 Å². The first-order valence-corrected chi connectivity index (χ1v) is 56.2. The van der Waals surface area contributed by atoms with Gasteiger partial charge in [-0.3, -0.25) is 37.5 Å². The van der Waals surface area contributed by atoms with Crippen LogP contribution in [0, 0.1) is 47.3 Å². The number of rotatable bonds is 27. The molecule has 0 radical (unpaired) electrons. The van der Waals surface area contributed by atoms with Crippen LogP contribution in [0.1, 0.15) is 312 Å². The second kappa shape index (κ2) is 63.4. The maximum absolute atomic E-state index is 11.2. The summed E-state index contributed by atoms with van der Waals surface area (Å²) in [7, 11) is 22.7. The lowest BCUT2D eigenvalue weighted by atomic mass is 9.89. The summed E-state index contributed by atoms with van der Waals surface area (Å²) in [5, 5.41) is 35.5. The van der Waals surface area contributed by atoms with Gasteiger partial charge < -0.3 is 73.7 Å². The Balaban J connectivity index is 0.000000169. The number of carbonyl (C=O) groups excluding carboxylic acids is 1. The molecule has 7 unspecified atom stereocenters. The van der Waals surface area contributed by atoms with E-state index in [0.29, 0.717) is 135 Å². The molecule has 33 heteroatoms. The molecule has 8 saturated heterocycles. The monoisotopic (exact) mass is 1980 g/mol. The topological polar surface area (TPSA) is 280 Å². The molecule has 8 aliphatic carbocycles. The Morgan fingerprint density at radius 3 is 0.824 bits per heavy atom. The third-order valence-electron chi connectivity index (χ3n) is 31.9. The van der Waals surface area contributed by atoms with Gasteiger partial charge in [-0.05, 0) is 303 Å². The fourth-order valence-corrected chi connectivity index (χ4v) is 25.1. The van der Waals surface area contributed by atoms with Gasteiger partial charge in [0, 0.05) is 126 Å². The third-order valence-corrected chi connectivity index (χ3v) is 36.3. The van der Waals surface area contributed by atoms with Gasteiger partial charge in [0.1, 0.15) is 5.78 Å². The van der Waals surface area contributed by atoms with Gasteiger partial charge in [0.15, 0.2) is 0 Å². The second-order valence-corrected chi connectivity index (χ2v) is 48.6. The first-order valence-electron chi connectivity index (χ1n) is 52.6. The van der Waals surface area contributed by atoms with Crippen molar-refractivity contribution in [2.45, 2.75) is 452 Å². The molecule has 26 nitrogen and oxygen atoms in total. The summed E-state index contributed by atoms with van der Waals surface area (Å²) < 4.78 is 74.1. The highest BCUT2D eigenvalue weighted by atomic mass is 31.0. The molecule has 16 fully saturated rings. The SMILES string of the molecule is CC1CCC(OC[C@@H]2CC(=O)CN2P)CC1.CC1CCC(OC[C@@H]2C[C@@H](O)CN2P)CC1.CC1CCC(OC[C@@H]2C[C@H](N)CN2P)CC1.CC1CCC(OC[C@@H]2C[C@H](N=[N+]=[N-])CN2P)CC1.CC1CCC(OC[C@@H]2C[C@H](O)CN2)CC1.CC1CCC(OC[C@@H]2C[C@H](O)CN2P)CC1.CO[C@@H]1C[C@@H](COC2CCC(C)CC2)N(P)C1.CO[C@@H]1C[C@@H](COC2CCC(C)CC2)N(P)C1. The van der Waals surface area contributed by atoms with E-state index in [1.807, 2.05) is 4.67 Å². The number of hydrogen-bond donors (Lipinski definition) is 5. The highest BCUT2D eigenvalue weighted by Crippen LogP contribution is 2.38. The summed E-state index contributed by atoms with van der Waals surface area (Å²) in [4.78, 5) is 14.1. The fraction of sp³-hybridized carbons (Fsp3) is 0.990. The molecule has 16 rings (SSSR count). The Morgan fingerprint density at radius 2 is 0.588 bits per heavy atom. The summed E-state index contributed by atoms with van der Waals surface area (Å²) in [5.41, 5.74) is 14.4. The van der Waals surface area contributed by atoms with Crippen LogP contribution in [0.2, 0.25) is 0 Å². The maximum atomic E-state index is 11.2. The molecule has 0 bridgehead atoms. The number of carbonyl (C=O) groups is 1. The van der Waals surface area contributed by atoms with Crippen molar-refractivity contribution in [3.63, 3.8) is 0 Å². The Kier molecular flexibility index (Phi) is 56.0. The number of ketones is 1. The third kappa shape index (κ3) is 44.7. The summed E-state index contributed by atoms with van der Waals surface area (Å²) in [6.45, 7) is 31.7. The molecular formula is C98H193N12O14P7. The summed E-state index contributed by atoms with van der Waals surface area (Å²) in [6.07, 6.45) is 52.1. The van der Waals surface area contributed by atoms with Gasteiger partial charge in [0.05, 0.1) is 145 Å². The van der Waals surface area contributed by atoms with E-state index >= 15 is 0 Å². The van der Waals surface area contributed by atoms with Crippen LogP contribution < -0.4 is 11.1 Å². The quantitative estimate of drug-likeness (QED) is 0.0221. The van der Waals surface area contributed by atoms with E-state index in [4.69, 9.17) is 58.6 Å². The molecule has 0 spiro atoms.